The van der Waals surface area contributed by atoms with Crippen LogP contribution in [0.2, 0.25) is 0 Å². The molecule has 3 heterocycles. The maximum Gasteiger partial charge on any atom is 0.148 e. The molecule has 0 spiro atoms. The largest absolute Gasteiger partial charge is 0.455 e. The van der Waals surface area contributed by atoms with E-state index in [1.807, 2.05) is 22.7 Å². The van der Waals surface area contributed by atoms with Crippen LogP contribution in [0.4, 0.5) is 0 Å². The van der Waals surface area contributed by atoms with Crippen molar-refractivity contribution in [3.63, 3.8) is 0 Å². The molecule has 0 aliphatic rings. The molecule has 174 valence electrons. The zero-order valence-corrected chi connectivity index (χ0v) is 22.3. The molecule has 1 nitrogen and oxygen atoms in total. The summed E-state index contributed by atoms with van der Waals surface area (Å²) in [6.45, 7) is 11.1. The smallest absolute Gasteiger partial charge is 0.148 e. The van der Waals surface area contributed by atoms with Crippen molar-refractivity contribution < 1.29 is 4.42 Å². The second kappa shape index (κ2) is 10.9. The highest BCUT2D eigenvalue weighted by molar-refractivity contribution is 7.16. The fraction of sp³-hybridized carbons (Fsp3) is 0.400. The number of fused-ring (bicyclic) bond motifs is 1. The standard InChI is InChI=1S/C30H36OS2/c1-6-7-8-9-10-11-12-25-24-15-13-20(2)19-26(24)31-30(25)29-18-17-28(33-29)23(5)22(4)27-16-14-21(3)32-27/h13-19H,6-12H2,1-5H3/b23-22+. The average molecular weight is 477 g/mol. The number of hydrogen-bond donors (Lipinski definition) is 0. The van der Waals surface area contributed by atoms with E-state index in [4.69, 9.17) is 4.42 Å². The number of rotatable bonds is 10. The van der Waals surface area contributed by atoms with Gasteiger partial charge in [0, 0.05) is 25.6 Å². The van der Waals surface area contributed by atoms with Crippen molar-refractivity contribution in [3.8, 4) is 10.6 Å². The van der Waals surface area contributed by atoms with Crippen LogP contribution in [0.1, 0.15) is 85.1 Å². The first kappa shape index (κ1) is 24.0. The summed E-state index contributed by atoms with van der Waals surface area (Å²) in [6, 6.07) is 15.6. The summed E-state index contributed by atoms with van der Waals surface area (Å²) in [5.74, 6) is 1.08. The van der Waals surface area contributed by atoms with E-state index in [1.165, 1.54) is 85.7 Å². The molecule has 0 aliphatic carbocycles. The van der Waals surface area contributed by atoms with Gasteiger partial charge in [0.1, 0.15) is 11.3 Å². The second-order valence-electron chi connectivity index (χ2n) is 9.25. The Labute approximate surface area is 207 Å². The third kappa shape index (κ3) is 5.53. The van der Waals surface area contributed by atoms with Crippen LogP contribution in [0.5, 0.6) is 0 Å². The summed E-state index contributed by atoms with van der Waals surface area (Å²) in [5.41, 5.74) is 6.40. The van der Waals surface area contributed by atoms with E-state index in [9.17, 15) is 0 Å². The fourth-order valence-electron chi connectivity index (χ4n) is 4.45. The van der Waals surface area contributed by atoms with Gasteiger partial charge in [0.2, 0.25) is 0 Å². The van der Waals surface area contributed by atoms with Crippen LogP contribution in [-0.2, 0) is 6.42 Å². The van der Waals surface area contributed by atoms with Gasteiger partial charge in [-0.3, -0.25) is 0 Å². The van der Waals surface area contributed by atoms with E-state index in [2.05, 4.69) is 77.1 Å². The zero-order valence-electron chi connectivity index (χ0n) is 20.7. The highest BCUT2D eigenvalue weighted by Gasteiger charge is 2.18. The Bertz CT molecular complexity index is 1250. The van der Waals surface area contributed by atoms with Gasteiger partial charge in [-0.2, -0.15) is 0 Å². The topological polar surface area (TPSA) is 13.1 Å². The molecule has 1 aromatic carbocycles. The van der Waals surface area contributed by atoms with Crippen LogP contribution in [0.15, 0.2) is 46.9 Å². The summed E-state index contributed by atoms with van der Waals surface area (Å²) >= 11 is 3.73. The van der Waals surface area contributed by atoms with E-state index in [0.29, 0.717) is 0 Å². The van der Waals surface area contributed by atoms with Crippen molar-refractivity contribution in [1.29, 1.82) is 0 Å². The van der Waals surface area contributed by atoms with Gasteiger partial charge in [-0.1, -0.05) is 51.2 Å². The van der Waals surface area contributed by atoms with Gasteiger partial charge in [-0.25, -0.2) is 0 Å². The zero-order chi connectivity index (χ0) is 23.4. The number of thiophene rings is 2. The molecule has 3 heteroatoms. The molecule has 4 rings (SSSR count). The lowest BCUT2D eigenvalue weighted by atomic mass is 10.0. The van der Waals surface area contributed by atoms with Gasteiger partial charge in [0.05, 0.1) is 4.88 Å². The predicted molar refractivity (Wildman–Crippen MR) is 149 cm³/mol. The van der Waals surface area contributed by atoms with E-state index >= 15 is 0 Å². The molecule has 0 saturated carbocycles. The minimum Gasteiger partial charge on any atom is -0.455 e. The molecule has 3 aromatic heterocycles. The molecule has 0 radical (unpaired) electrons. The Morgan fingerprint density at radius 3 is 2.21 bits per heavy atom. The van der Waals surface area contributed by atoms with Gasteiger partial charge in [0.25, 0.3) is 0 Å². The minimum absolute atomic E-state index is 1.03. The van der Waals surface area contributed by atoms with Crippen LogP contribution in [0.3, 0.4) is 0 Å². The quantitative estimate of drug-likeness (QED) is 0.207. The maximum absolute atomic E-state index is 6.50. The summed E-state index contributed by atoms with van der Waals surface area (Å²) < 4.78 is 6.50. The summed E-state index contributed by atoms with van der Waals surface area (Å²) in [4.78, 5) is 5.30. The van der Waals surface area contributed by atoms with E-state index < -0.39 is 0 Å². The molecule has 0 bridgehead atoms. The summed E-state index contributed by atoms with van der Waals surface area (Å²) in [5, 5.41) is 1.29. The minimum atomic E-state index is 1.03. The molecule has 33 heavy (non-hydrogen) atoms. The van der Waals surface area contributed by atoms with Crippen molar-refractivity contribution in [1.82, 2.24) is 0 Å². The Kier molecular flexibility index (Phi) is 7.93. The lowest BCUT2D eigenvalue weighted by Gasteiger charge is -2.04. The van der Waals surface area contributed by atoms with E-state index in [1.54, 1.807) is 0 Å². The Hall–Kier alpha value is -2.10. The van der Waals surface area contributed by atoms with E-state index in [-0.39, 0.29) is 0 Å². The lowest BCUT2D eigenvalue weighted by Crippen LogP contribution is -1.88. The van der Waals surface area contributed by atoms with Crippen LogP contribution >= 0.6 is 22.7 Å². The molecule has 0 N–H and O–H groups in total. The number of aryl methyl sites for hydroxylation is 3. The molecule has 0 unspecified atom stereocenters. The molecular weight excluding hydrogens is 440 g/mol. The van der Waals surface area contributed by atoms with Crippen molar-refractivity contribution >= 4 is 44.8 Å². The SMILES string of the molecule is CCCCCCCCc1c(-c2ccc(/C(C)=C(\C)c3ccc(C)s3)s2)oc2cc(C)ccc12. The molecule has 0 atom stereocenters. The molecule has 0 saturated heterocycles. The van der Waals surface area contributed by atoms with Crippen LogP contribution < -0.4 is 0 Å². The van der Waals surface area contributed by atoms with Crippen molar-refractivity contribution in [2.24, 2.45) is 0 Å². The third-order valence-corrected chi connectivity index (χ3v) is 8.92. The predicted octanol–water partition coefficient (Wildman–Crippen LogP) is 10.7. The van der Waals surface area contributed by atoms with Crippen molar-refractivity contribution in [3.05, 3.63) is 68.2 Å². The third-order valence-electron chi connectivity index (χ3n) is 6.60. The van der Waals surface area contributed by atoms with E-state index in [0.717, 1.165) is 17.8 Å². The van der Waals surface area contributed by atoms with Gasteiger partial charge in [-0.15, -0.1) is 22.7 Å². The first-order valence-electron chi connectivity index (χ1n) is 12.3. The van der Waals surface area contributed by atoms with Gasteiger partial charge in [0.15, 0.2) is 0 Å². The number of furan rings is 1. The Morgan fingerprint density at radius 2 is 1.48 bits per heavy atom. The van der Waals surface area contributed by atoms with Gasteiger partial charge >= 0.3 is 0 Å². The summed E-state index contributed by atoms with van der Waals surface area (Å²) in [6.07, 6.45) is 8.98. The molecule has 4 aromatic rings. The second-order valence-corrected chi connectivity index (χ2v) is 11.6. The number of benzene rings is 1. The van der Waals surface area contributed by atoms with Gasteiger partial charge in [-0.05, 0) is 87.6 Å². The maximum atomic E-state index is 6.50. The van der Waals surface area contributed by atoms with Crippen LogP contribution in [-0.4, -0.2) is 0 Å². The number of hydrogen-bond acceptors (Lipinski definition) is 3. The van der Waals surface area contributed by atoms with Crippen LogP contribution in [0.25, 0.3) is 32.8 Å². The number of allylic oxidation sites excluding steroid dienone is 2. The average Bonchev–Trinajstić information content (AvgIpc) is 3.53. The highest BCUT2D eigenvalue weighted by Crippen LogP contribution is 2.41. The first-order valence-corrected chi connectivity index (χ1v) is 14.0. The summed E-state index contributed by atoms with van der Waals surface area (Å²) in [7, 11) is 0. The molecular formula is C30H36OS2. The highest BCUT2D eigenvalue weighted by atomic mass is 32.1. The fourth-order valence-corrected chi connectivity index (χ4v) is 6.45. The van der Waals surface area contributed by atoms with Crippen molar-refractivity contribution in [2.75, 3.05) is 0 Å². The normalized spacial score (nSPS) is 12.5. The number of unbranched alkanes of at least 4 members (excludes halogenated alkanes) is 5. The van der Waals surface area contributed by atoms with Crippen molar-refractivity contribution in [2.45, 2.75) is 79.6 Å². The Morgan fingerprint density at radius 1 is 0.788 bits per heavy atom. The lowest BCUT2D eigenvalue weighted by molar-refractivity contribution is 0.600. The molecule has 0 fully saturated rings. The molecule has 0 amide bonds. The Balaban J connectivity index is 1.63. The monoisotopic (exact) mass is 476 g/mol. The van der Waals surface area contributed by atoms with Crippen LogP contribution in [0, 0.1) is 13.8 Å². The first-order chi connectivity index (χ1) is 16.0. The van der Waals surface area contributed by atoms with Gasteiger partial charge < -0.3 is 4.42 Å². The molecule has 0 aliphatic heterocycles.